The van der Waals surface area contributed by atoms with E-state index in [9.17, 15) is 0 Å². The Morgan fingerprint density at radius 3 is 2.77 bits per heavy atom. The van der Waals surface area contributed by atoms with E-state index in [1.807, 2.05) is 18.6 Å². The van der Waals surface area contributed by atoms with Crippen LogP contribution in [-0.2, 0) is 6.54 Å². The van der Waals surface area contributed by atoms with Crippen LogP contribution in [0.25, 0.3) is 27.7 Å². The number of thiophene rings is 1. The summed E-state index contributed by atoms with van der Waals surface area (Å²) >= 11 is 1.73. The van der Waals surface area contributed by atoms with Gasteiger partial charge in [0.05, 0.1) is 18.4 Å². The molecule has 1 N–H and O–H groups in total. The van der Waals surface area contributed by atoms with E-state index in [0.29, 0.717) is 0 Å². The lowest BCUT2D eigenvalue weighted by atomic mass is 10.1. The van der Waals surface area contributed by atoms with Crippen LogP contribution in [0.1, 0.15) is 4.88 Å². The van der Waals surface area contributed by atoms with Crippen LogP contribution in [0.5, 0.6) is 0 Å². The molecule has 0 aliphatic carbocycles. The second-order valence-electron chi connectivity index (χ2n) is 6.11. The van der Waals surface area contributed by atoms with E-state index in [4.69, 9.17) is 0 Å². The lowest BCUT2D eigenvalue weighted by Gasteiger charge is -2.11. The predicted octanol–water partition coefficient (Wildman–Crippen LogP) is 5.22. The van der Waals surface area contributed by atoms with Crippen LogP contribution < -0.4 is 5.32 Å². The Kier molecular flexibility index (Phi) is 3.65. The molecule has 0 fully saturated rings. The van der Waals surface area contributed by atoms with Gasteiger partial charge in [-0.25, -0.2) is 9.97 Å². The first-order valence-corrected chi connectivity index (χ1v) is 9.34. The molecule has 0 saturated heterocycles. The van der Waals surface area contributed by atoms with E-state index < -0.39 is 0 Å². The first kappa shape index (κ1) is 15.1. The predicted molar refractivity (Wildman–Crippen MR) is 108 cm³/mol. The van der Waals surface area contributed by atoms with Crippen molar-refractivity contribution in [2.24, 2.45) is 0 Å². The van der Waals surface area contributed by atoms with Crippen LogP contribution in [0.3, 0.4) is 0 Å². The van der Waals surface area contributed by atoms with Crippen LogP contribution >= 0.6 is 11.3 Å². The summed E-state index contributed by atoms with van der Waals surface area (Å²) in [5, 5.41) is 7.94. The molecule has 0 amide bonds. The lowest BCUT2D eigenvalue weighted by molar-refractivity contribution is 1.09. The summed E-state index contributed by atoms with van der Waals surface area (Å²) in [5.74, 6) is 0.799. The highest BCUT2D eigenvalue weighted by Gasteiger charge is 2.10. The van der Waals surface area contributed by atoms with E-state index in [1.54, 1.807) is 11.3 Å². The molecule has 0 radical (unpaired) electrons. The van der Waals surface area contributed by atoms with Gasteiger partial charge in [0.15, 0.2) is 11.5 Å². The fraction of sp³-hybridized carbons (Fsp3) is 0.0476. The minimum absolute atomic E-state index is 0.752. The Bertz CT molecular complexity index is 1190. The lowest BCUT2D eigenvalue weighted by Crippen LogP contribution is -2.04. The summed E-state index contributed by atoms with van der Waals surface area (Å²) in [6.45, 7) is 0.752. The Hall–Kier alpha value is -3.18. The topological polar surface area (TPSA) is 42.2 Å². The molecule has 3 heterocycles. The first-order chi connectivity index (χ1) is 12.9. The Balaban J connectivity index is 1.56. The Morgan fingerprint density at radius 1 is 0.962 bits per heavy atom. The molecule has 2 aromatic carbocycles. The summed E-state index contributed by atoms with van der Waals surface area (Å²) in [4.78, 5) is 10.4. The van der Waals surface area contributed by atoms with Crippen LogP contribution in [-0.4, -0.2) is 14.4 Å². The molecule has 26 heavy (non-hydrogen) atoms. The van der Waals surface area contributed by atoms with Crippen LogP contribution in [0, 0.1) is 0 Å². The van der Waals surface area contributed by atoms with Gasteiger partial charge in [-0.15, -0.1) is 11.3 Å². The van der Waals surface area contributed by atoms with Gasteiger partial charge in [0, 0.05) is 22.8 Å². The maximum absolute atomic E-state index is 4.65. The van der Waals surface area contributed by atoms with Gasteiger partial charge in [-0.1, -0.05) is 42.5 Å². The summed E-state index contributed by atoms with van der Waals surface area (Å²) in [5.41, 5.74) is 3.00. The Morgan fingerprint density at radius 2 is 1.88 bits per heavy atom. The van der Waals surface area contributed by atoms with Crippen molar-refractivity contribution in [2.75, 3.05) is 5.32 Å². The highest BCUT2D eigenvalue weighted by Crippen LogP contribution is 2.27. The number of aromatic nitrogens is 3. The molecule has 0 unspecified atom stereocenters. The summed E-state index contributed by atoms with van der Waals surface area (Å²) in [7, 11) is 0. The smallest absolute Gasteiger partial charge is 0.180 e. The monoisotopic (exact) mass is 356 g/mol. The third kappa shape index (κ3) is 2.62. The van der Waals surface area contributed by atoms with Gasteiger partial charge >= 0.3 is 0 Å². The molecule has 5 rings (SSSR count). The number of nitrogens with one attached hydrogen (secondary N) is 1. The summed E-state index contributed by atoms with van der Waals surface area (Å²) in [6.07, 6.45) is 5.71. The van der Waals surface area contributed by atoms with E-state index in [-0.39, 0.29) is 0 Å². The zero-order valence-corrected chi connectivity index (χ0v) is 14.8. The van der Waals surface area contributed by atoms with E-state index in [0.717, 1.165) is 29.3 Å². The fourth-order valence-corrected chi connectivity index (χ4v) is 3.83. The fourth-order valence-electron chi connectivity index (χ4n) is 3.19. The average molecular weight is 356 g/mol. The summed E-state index contributed by atoms with van der Waals surface area (Å²) in [6, 6.07) is 19.0. The van der Waals surface area contributed by atoms with Crippen molar-refractivity contribution in [3.63, 3.8) is 0 Å². The minimum atomic E-state index is 0.752. The number of imidazole rings is 1. The van der Waals surface area contributed by atoms with Crippen molar-refractivity contribution in [1.29, 1.82) is 0 Å². The van der Waals surface area contributed by atoms with E-state index in [1.165, 1.54) is 15.6 Å². The number of fused-ring (bicyclic) bond motifs is 2. The van der Waals surface area contributed by atoms with E-state index in [2.05, 4.69) is 79.7 Å². The number of hydrogen-bond acceptors (Lipinski definition) is 4. The molecule has 0 spiro atoms. The Labute approximate surface area is 154 Å². The number of nitrogens with zero attached hydrogens (tertiary/aromatic N) is 3. The van der Waals surface area contributed by atoms with E-state index >= 15 is 0 Å². The molecule has 3 aromatic heterocycles. The average Bonchev–Trinajstić information content (AvgIpc) is 3.37. The number of benzene rings is 2. The maximum atomic E-state index is 4.65. The van der Waals surface area contributed by atoms with Gasteiger partial charge in [0.2, 0.25) is 0 Å². The van der Waals surface area contributed by atoms with Gasteiger partial charge in [-0.2, -0.15) is 0 Å². The molecule has 126 valence electrons. The molecular formula is C21H16N4S. The number of anilines is 1. The summed E-state index contributed by atoms with van der Waals surface area (Å²) < 4.78 is 2.09. The van der Waals surface area contributed by atoms with Crippen molar-refractivity contribution < 1.29 is 0 Å². The van der Waals surface area contributed by atoms with Gasteiger partial charge in [0.1, 0.15) is 0 Å². The minimum Gasteiger partial charge on any atom is -0.362 e. The second kappa shape index (κ2) is 6.28. The van der Waals surface area contributed by atoms with Crippen LogP contribution in [0.4, 0.5) is 5.82 Å². The van der Waals surface area contributed by atoms with Gasteiger partial charge in [0.25, 0.3) is 0 Å². The molecule has 0 atom stereocenters. The van der Waals surface area contributed by atoms with Crippen molar-refractivity contribution in [3.05, 3.63) is 83.4 Å². The van der Waals surface area contributed by atoms with Gasteiger partial charge < -0.3 is 5.32 Å². The molecule has 0 saturated carbocycles. The second-order valence-corrected chi connectivity index (χ2v) is 7.14. The maximum Gasteiger partial charge on any atom is 0.180 e. The van der Waals surface area contributed by atoms with Crippen molar-refractivity contribution in [1.82, 2.24) is 14.4 Å². The highest BCUT2D eigenvalue weighted by molar-refractivity contribution is 7.09. The normalized spacial score (nSPS) is 11.2. The van der Waals surface area contributed by atoms with Gasteiger partial charge in [-0.3, -0.25) is 4.40 Å². The molecule has 5 aromatic rings. The molecule has 0 aliphatic rings. The SMILES string of the molecule is c1csc(CNc2ncc(-c3ccc4ccccc4c3)n3ccnc23)c1. The highest BCUT2D eigenvalue weighted by atomic mass is 32.1. The zero-order chi connectivity index (χ0) is 17.3. The third-order valence-electron chi connectivity index (χ3n) is 4.48. The first-order valence-electron chi connectivity index (χ1n) is 8.46. The quantitative estimate of drug-likeness (QED) is 0.480. The van der Waals surface area contributed by atoms with Crippen molar-refractivity contribution in [2.45, 2.75) is 6.54 Å². The molecule has 4 nitrogen and oxygen atoms in total. The van der Waals surface area contributed by atoms with Crippen LogP contribution in [0.2, 0.25) is 0 Å². The molecule has 0 aliphatic heterocycles. The third-order valence-corrected chi connectivity index (χ3v) is 5.36. The standard InChI is InChI=1S/C21H16N4S/c1-2-5-16-12-17(8-7-15(16)4-1)19-14-24-20(21-22-9-10-25(19)21)23-13-18-6-3-11-26-18/h1-12,14H,13H2,(H,23,24). The largest absolute Gasteiger partial charge is 0.362 e. The van der Waals surface area contributed by atoms with Crippen LogP contribution in [0.15, 0.2) is 78.6 Å². The van der Waals surface area contributed by atoms with Gasteiger partial charge in [-0.05, 0) is 28.3 Å². The van der Waals surface area contributed by atoms with Crippen molar-refractivity contribution in [3.8, 4) is 11.3 Å². The number of rotatable bonds is 4. The molecule has 5 heteroatoms. The zero-order valence-electron chi connectivity index (χ0n) is 14.0. The number of hydrogen-bond donors (Lipinski definition) is 1. The van der Waals surface area contributed by atoms with Crippen molar-refractivity contribution >= 4 is 33.6 Å². The molecular weight excluding hydrogens is 340 g/mol. The molecule has 0 bridgehead atoms.